The zero-order valence-electron chi connectivity index (χ0n) is 14.2. The lowest BCUT2D eigenvalue weighted by Gasteiger charge is -2.18. The van der Waals surface area contributed by atoms with Crippen LogP contribution in [0, 0.1) is 0 Å². The van der Waals surface area contributed by atoms with Crippen LogP contribution in [0.15, 0.2) is 84.9 Å². The van der Waals surface area contributed by atoms with Crippen molar-refractivity contribution in [2.45, 2.75) is 25.9 Å². The van der Waals surface area contributed by atoms with Gasteiger partial charge in [0.1, 0.15) is 0 Å². The van der Waals surface area contributed by atoms with Crippen LogP contribution in [-0.2, 0) is 0 Å². The molecule has 0 spiro atoms. The minimum Gasteiger partial charge on any atom is -0.379 e. The van der Waals surface area contributed by atoms with E-state index < -0.39 is 0 Å². The summed E-state index contributed by atoms with van der Waals surface area (Å²) >= 11 is 0. The van der Waals surface area contributed by atoms with Gasteiger partial charge in [0, 0.05) is 23.5 Å². The lowest BCUT2D eigenvalue weighted by atomic mass is 10.1. The summed E-state index contributed by atoms with van der Waals surface area (Å²) in [4.78, 5) is 0. The highest BCUT2D eigenvalue weighted by molar-refractivity contribution is 5.55. The molecule has 0 fully saturated rings. The standard InChI is InChI=1S/C22H24N2/c1-17(19-9-5-3-6-10-19)23-21-13-15-22(16-14-21)24-18(2)20-11-7-4-8-12-20/h3-18,23-24H,1-2H3/t17-,18-/m0/s1. The van der Waals surface area contributed by atoms with Gasteiger partial charge in [-0.3, -0.25) is 0 Å². The normalized spacial score (nSPS) is 13.1. The van der Waals surface area contributed by atoms with Gasteiger partial charge < -0.3 is 10.6 Å². The highest BCUT2D eigenvalue weighted by atomic mass is 14.9. The fourth-order valence-electron chi connectivity index (χ4n) is 2.81. The molecule has 0 heterocycles. The topological polar surface area (TPSA) is 24.1 Å². The highest BCUT2D eigenvalue weighted by Crippen LogP contribution is 2.23. The van der Waals surface area contributed by atoms with Crippen LogP contribution < -0.4 is 10.6 Å². The van der Waals surface area contributed by atoms with Crippen molar-refractivity contribution in [2.75, 3.05) is 10.6 Å². The van der Waals surface area contributed by atoms with Crippen LogP contribution >= 0.6 is 0 Å². The number of rotatable bonds is 6. The van der Waals surface area contributed by atoms with Crippen molar-refractivity contribution in [3.05, 3.63) is 96.1 Å². The number of hydrogen-bond acceptors (Lipinski definition) is 2. The van der Waals surface area contributed by atoms with Gasteiger partial charge in [-0.2, -0.15) is 0 Å². The average Bonchev–Trinajstić information content (AvgIpc) is 2.65. The van der Waals surface area contributed by atoms with Crippen molar-refractivity contribution in [2.24, 2.45) is 0 Å². The van der Waals surface area contributed by atoms with Gasteiger partial charge in [0.05, 0.1) is 0 Å². The summed E-state index contributed by atoms with van der Waals surface area (Å²) in [7, 11) is 0. The molecule has 0 unspecified atom stereocenters. The monoisotopic (exact) mass is 316 g/mol. The second-order valence-corrected chi connectivity index (χ2v) is 6.13. The Balaban J connectivity index is 1.61. The Bertz CT molecular complexity index is 669. The molecule has 0 aromatic heterocycles. The molecule has 3 aromatic carbocycles. The third kappa shape index (κ3) is 4.17. The quantitative estimate of drug-likeness (QED) is 0.580. The Labute approximate surface area is 144 Å². The number of benzene rings is 3. The molecule has 2 nitrogen and oxygen atoms in total. The first-order valence-electron chi connectivity index (χ1n) is 8.45. The molecular formula is C22H24N2. The van der Waals surface area contributed by atoms with Gasteiger partial charge in [0.15, 0.2) is 0 Å². The third-order valence-electron chi connectivity index (χ3n) is 4.25. The number of anilines is 2. The van der Waals surface area contributed by atoms with Gasteiger partial charge in [0.25, 0.3) is 0 Å². The van der Waals surface area contributed by atoms with Crippen molar-refractivity contribution in [1.82, 2.24) is 0 Å². The Morgan fingerprint density at radius 2 is 0.833 bits per heavy atom. The van der Waals surface area contributed by atoms with Crippen LogP contribution in [0.3, 0.4) is 0 Å². The van der Waals surface area contributed by atoms with Crippen LogP contribution in [-0.4, -0.2) is 0 Å². The third-order valence-corrected chi connectivity index (χ3v) is 4.25. The van der Waals surface area contributed by atoms with E-state index in [9.17, 15) is 0 Å². The molecule has 0 aliphatic rings. The maximum Gasteiger partial charge on any atom is 0.0485 e. The summed E-state index contributed by atoms with van der Waals surface area (Å²) in [6.07, 6.45) is 0. The fraction of sp³-hybridized carbons (Fsp3) is 0.182. The molecule has 0 saturated carbocycles. The van der Waals surface area contributed by atoms with Crippen molar-refractivity contribution < 1.29 is 0 Å². The van der Waals surface area contributed by atoms with Crippen molar-refractivity contribution in [1.29, 1.82) is 0 Å². The predicted octanol–water partition coefficient (Wildman–Crippen LogP) is 6.03. The van der Waals surface area contributed by atoms with Crippen molar-refractivity contribution in [3.63, 3.8) is 0 Å². The predicted molar refractivity (Wildman–Crippen MR) is 103 cm³/mol. The molecule has 24 heavy (non-hydrogen) atoms. The first-order chi connectivity index (χ1) is 11.7. The second-order valence-electron chi connectivity index (χ2n) is 6.13. The maximum absolute atomic E-state index is 3.54. The maximum atomic E-state index is 3.54. The number of nitrogens with one attached hydrogen (secondary N) is 2. The molecule has 122 valence electrons. The van der Waals surface area contributed by atoms with E-state index in [0.717, 1.165) is 11.4 Å². The van der Waals surface area contributed by atoms with E-state index in [0.29, 0.717) is 0 Å². The summed E-state index contributed by atoms with van der Waals surface area (Å²) < 4.78 is 0. The molecule has 0 aliphatic heterocycles. The molecule has 0 bridgehead atoms. The van der Waals surface area contributed by atoms with E-state index >= 15 is 0 Å². The molecule has 0 radical (unpaired) electrons. The van der Waals surface area contributed by atoms with Gasteiger partial charge >= 0.3 is 0 Å². The van der Waals surface area contributed by atoms with Crippen molar-refractivity contribution >= 4 is 11.4 Å². The first-order valence-corrected chi connectivity index (χ1v) is 8.45. The minimum atomic E-state index is 0.285. The van der Waals surface area contributed by atoms with Gasteiger partial charge in [0.2, 0.25) is 0 Å². The van der Waals surface area contributed by atoms with Crippen LogP contribution in [0.4, 0.5) is 11.4 Å². The lowest BCUT2D eigenvalue weighted by molar-refractivity contribution is 0.880. The molecule has 3 aromatic rings. The first kappa shape index (κ1) is 16.1. The van der Waals surface area contributed by atoms with Gasteiger partial charge in [-0.25, -0.2) is 0 Å². The van der Waals surface area contributed by atoms with Crippen LogP contribution in [0.2, 0.25) is 0 Å². The molecular weight excluding hydrogens is 292 g/mol. The average molecular weight is 316 g/mol. The molecule has 2 N–H and O–H groups in total. The molecule has 2 atom stereocenters. The summed E-state index contributed by atoms with van der Waals surface area (Å²) in [6.45, 7) is 4.36. The smallest absolute Gasteiger partial charge is 0.0485 e. The molecule has 3 rings (SSSR count). The molecule has 0 aliphatic carbocycles. The molecule has 0 saturated heterocycles. The Morgan fingerprint density at radius 3 is 1.17 bits per heavy atom. The summed E-state index contributed by atoms with van der Waals surface area (Å²) in [5, 5.41) is 7.09. The highest BCUT2D eigenvalue weighted by Gasteiger charge is 2.06. The largest absolute Gasteiger partial charge is 0.379 e. The molecule has 2 heteroatoms. The minimum absolute atomic E-state index is 0.285. The Morgan fingerprint density at radius 1 is 0.500 bits per heavy atom. The zero-order valence-corrected chi connectivity index (χ0v) is 14.2. The van der Waals surface area contributed by atoms with Crippen LogP contribution in [0.1, 0.15) is 37.1 Å². The lowest BCUT2D eigenvalue weighted by Crippen LogP contribution is -2.08. The van der Waals surface area contributed by atoms with E-state index in [-0.39, 0.29) is 12.1 Å². The van der Waals surface area contributed by atoms with E-state index in [4.69, 9.17) is 0 Å². The second kappa shape index (κ2) is 7.69. The Kier molecular flexibility index (Phi) is 5.17. The number of hydrogen-bond donors (Lipinski definition) is 2. The zero-order chi connectivity index (χ0) is 16.8. The van der Waals surface area contributed by atoms with E-state index in [1.165, 1.54) is 11.1 Å². The van der Waals surface area contributed by atoms with Gasteiger partial charge in [-0.1, -0.05) is 60.7 Å². The molecule has 0 amide bonds. The van der Waals surface area contributed by atoms with E-state index in [2.05, 4.69) is 97.3 Å². The Hall–Kier alpha value is -2.74. The summed E-state index contributed by atoms with van der Waals surface area (Å²) in [5.41, 5.74) is 4.84. The van der Waals surface area contributed by atoms with E-state index in [1.54, 1.807) is 0 Å². The van der Waals surface area contributed by atoms with Gasteiger partial charge in [-0.05, 0) is 49.2 Å². The van der Waals surface area contributed by atoms with Crippen molar-refractivity contribution in [3.8, 4) is 0 Å². The van der Waals surface area contributed by atoms with Crippen LogP contribution in [0.25, 0.3) is 0 Å². The van der Waals surface area contributed by atoms with Gasteiger partial charge in [-0.15, -0.1) is 0 Å². The van der Waals surface area contributed by atoms with Crippen LogP contribution in [0.5, 0.6) is 0 Å². The summed E-state index contributed by atoms with van der Waals surface area (Å²) in [5.74, 6) is 0. The fourth-order valence-corrected chi connectivity index (χ4v) is 2.81. The van der Waals surface area contributed by atoms with E-state index in [1.807, 2.05) is 12.1 Å². The SMILES string of the molecule is C[C@H](Nc1ccc(N[C@@H](C)c2ccccc2)cc1)c1ccccc1. The summed E-state index contributed by atoms with van der Waals surface area (Å²) in [6, 6.07) is 30.1.